The SMILES string of the molecule is NCc1ccc(OCCN2CCCC2)cc1Br. The van der Waals surface area contributed by atoms with E-state index in [0.29, 0.717) is 6.54 Å². The van der Waals surface area contributed by atoms with Crippen LogP contribution in [0.25, 0.3) is 0 Å². The van der Waals surface area contributed by atoms with Gasteiger partial charge in [-0.1, -0.05) is 22.0 Å². The smallest absolute Gasteiger partial charge is 0.120 e. The van der Waals surface area contributed by atoms with Gasteiger partial charge in [0.25, 0.3) is 0 Å². The van der Waals surface area contributed by atoms with E-state index >= 15 is 0 Å². The van der Waals surface area contributed by atoms with Crippen LogP contribution in [0.15, 0.2) is 22.7 Å². The molecule has 0 aromatic heterocycles. The number of halogens is 1. The lowest BCUT2D eigenvalue weighted by molar-refractivity contribution is 0.237. The standard InChI is InChI=1S/C13H19BrN2O/c14-13-9-12(4-3-11(13)10-15)17-8-7-16-5-1-2-6-16/h3-4,9H,1-2,5-8,10,15H2. The van der Waals surface area contributed by atoms with Gasteiger partial charge in [0.2, 0.25) is 0 Å². The van der Waals surface area contributed by atoms with E-state index < -0.39 is 0 Å². The van der Waals surface area contributed by atoms with E-state index in [-0.39, 0.29) is 0 Å². The van der Waals surface area contributed by atoms with Crippen LogP contribution >= 0.6 is 15.9 Å². The Balaban J connectivity index is 1.80. The minimum absolute atomic E-state index is 0.550. The topological polar surface area (TPSA) is 38.5 Å². The molecule has 0 bridgehead atoms. The summed E-state index contributed by atoms with van der Waals surface area (Å²) in [6.45, 7) is 4.78. The first-order valence-electron chi connectivity index (χ1n) is 6.13. The number of ether oxygens (including phenoxy) is 1. The van der Waals surface area contributed by atoms with Crippen LogP contribution in [0.4, 0.5) is 0 Å². The Morgan fingerprint density at radius 1 is 1.29 bits per heavy atom. The third-order valence-corrected chi connectivity index (χ3v) is 3.86. The number of hydrogen-bond acceptors (Lipinski definition) is 3. The van der Waals surface area contributed by atoms with Gasteiger partial charge in [0.05, 0.1) is 0 Å². The summed E-state index contributed by atoms with van der Waals surface area (Å²) in [7, 11) is 0. The molecule has 1 saturated heterocycles. The van der Waals surface area contributed by atoms with E-state index in [0.717, 1.165) is 28.9 Å². The van der Waals surface area contributed by atoms with Gasteiger partial charge in [-0.2, -0.15) is 0 Å². The summed E-state index contributed by atoms with van der Waals surface area (Å²) in [5, 5.41) is 0. The van der Waals surface area contributed by atoms with E-state index in [1.807, 2.05) is 18.2 Å². The van der Waals surface area contributed by atoms with Gasteiger partial charge >= 0.3 is 0 Å². The number of likely N-dealkylation sites (tertiary alicyclic amines) is 1. The number of nitrogens with zero attached hydrogens (tertiary/aromatic N) is 1. The Morgan fingerprint density at radius 2 is 2.06 bits per heavy atom. The second kappa shape index (κ2) is 6.38. The molecule has 1 aromatic rings. The monoisotopic (exact) mass is 298 g/mol. The average molecular weight is 299 g/mol. The fourth-order valence-corrected chi connectivity index (χ4v) is 2.60. The molecule has 0 radical (unpaired) electrons. The molecule has 0 atom stereocenters. The van der Waals surface area contributed by atoms with Crippen molar-refractivity contribution in [3.8, 4) is 5.75 Å². The molecule has 2 N–H and O–H groups in total. The highest BCUT2D eigenvalue weighted by Crippen LogP contribution is 2.22. The first-order chi connectivity index (χ1) is 8.29. The number of benzene rings is 1. The quantitative estimate of drug-likeness (QED) is 0.907. The van der Waals surface area contributed by atoms with Gasteiger partial charge in [0.1, 0.15) is 12.4 Å². The van der Waals surface area contributed by atoms with Gasteiger partial charge in [0.15, 0.2) is 0 Å². The van der Waals surface area contributed by atoms with Gasteiger partial charge in [-0.3, -0.25) is 4.90 Å². The summed E-state index contributed by atoms with van der Waals surface area (Å²) in [6, 6.07) is 5.98. The van der Waals surface area contributed by atoms with Crippen molar-refractivity contribution in [2.75, 3.05) is 26.2 Å². The molecule has 1 fully saturated rings. The lowest BCUT2D eigenvalue weighted by Gasteiger charge is -2.15. The average Bonchev–Trinajstić information content (AvgIpc) is 2.82. The molecule has 0 aliphatic carbocycles. The van der Waals surface area contributed by atoms with E-state index in [9.17, 15) is 0 Å². The molecule has 94 valence electrons. The third kappa shape index (κ3) is 3.69. The van der Waals surface area contributed by atoms with Crippen molar-refractivity contribution in [3.05, 3.63) is 28.2 Å². The van der Waals surface area contributed by atoms with Crippen molar-refractivity contribution >= 4 is 15.9 Å². The van der Waals surface area contributed by atoms with Crippen molar-refractivity contribution in [1.82, 2.24) is 4.90 Å². The molecule has 4 heteroatoms. The molecule has 1 aliphatic heterocycles. The van der Waals surface area contributed by atoms with E-state index in [4.69, 9.17) is 10.5 Å². The molecular formula is C13H19BrN2O. The lowest BCUT2D eigenvalue weighted by Crippen LogP contribution is -2.25. The first kappa shape index (κ1) is 12.9. The summed E-state index contributed by atoms with van der Waals surface area (Å²) in [5.74, 6) is 0.910. The van der Waals surface area contributed by atoms with Gasteiger partial charge in [-0.05, 0) is 43.6 Å². The molecule has 0 unspecified atom stereocenters. The molecule has 0 spiro atoms. The highest BCUT2D eigenvalue weighted by molar-refractivity contribution is 9.10. The van der Waals surface area contributed by atoms with Gasteiger partial charge < -0.3 is 10.5 Å². The Labute approximate surface area is 111 Å². The second-order valence-corrected chi connectivity index (χ2v) is 5.21. The predicted octanol–water partition coefficient (Wildman–Crippen LogP) is 2.38. The summed E-state index contributed by atoms with van der Waals surface area (Å²) in [4.78, 5) is 2.45. The molecule has 1 heterocycles. The largest absolute Gasteiger partial charge is 0.492 e. The summed E-state index contributed by atoms with van der Waals surface area (Å²) in [5.41, 5.74) is 6.71. The zero-order chi connectivity index (χ0) is 12.1. The fraction of sp³-hybridized carbons (Fsp3) is 0.538. The van der Waals surface area contributed by atoms with Crippen molar-refractivity contribution < 1.29 is 4.74 Å². The van der Waals surface area contributed by atoms with Crippen LogP contribution in [-0.2, 0) is 6.54 Å². The maximum Gasteiger partial charge on any atom is 0.120 e. The zero-order valence-corrected chi connectivity index (χ0v) is 11.6. The minimum Gasteiger partial charge on any atom is -0.492 e. The van der Waals surface area contributed by atoms with Crippen LogP contribution in [-0.4, -0.2) is 31.1 Å². The van der Waals surface area contributed by atoms with Crippen LogP contribution in [0.3, 0.4) is 0 Å². The van der Waals surface area contributed by atoms with Gasteiger partial charge in [-0.15, -0.1) is 0 Å². The molecule has 0 amide bonds. The molecule has 0 saturated carbocycles. The molecule has 17 heavy (non-hydrogen) atoms. The van der Waals surface area contributed by atoms with Crippen molar-refractivity contribution in [3.63, 3.8) is 0 Å². The van der Waals surface area contributed by atoms with Crippen LogP contribution in [0.2, 0.25) is 0 Å². The number of hydrogen-bond donors (Lipinski definition) is 1. The van der Waals surface area contributed by atoms with Crippen LogP contribution in [0.5, 0.6) is 5.75 Å². The fourth-order valence-electron chi connectivity index (χ4n) is 2.08. The Bertz CT molecular complexity index is 364. The van der Waals surface area contributed by atoms with E-state index in [2.05, 4.69) is 20.8 Å². The van der Waals surface area contributed by atoms with Crippen molar-refractivity contribution in [1.29, 1.82) is 0 Å². The van der Waals surface area contributed by atoms with Crippen LogP contribution < -0.4 is 10.5 Å². The van der Waals surface area contributed by atoms with Crippen LogP contribution in [0, 0.1) is 0 Å². The summed E-state index contributed by atoms with van der Waals surface area (Å²) >= 11 is 3.50. The van der Waals surface area contributed by atoms with E-state index in [1.54, 1.807) is 0 Å². The summed E-state index contributed by atoms with van der Waals surface area (Å²) in [6.07, 6.45) is 2.66. The zero-order valence-electron chi connectivity index (χ0n) is 9.99. The normalized spacial score (nSPS) is 16.4. The maximum absolute atomic E-state index is 5.74. The van der Waals surface area contributed by atoms with E-state index in [1.165, 1.54) is 25.9 Å². The molecular weight excluding hydrogens is 280 g/mol. The van der Waals surface area contributed by atoms with Gasteiger partial charge in [-0.25, -0.2) is 0 Å². The number of nitrogens with two attached hydrogens (primary N) is 1. The lowest BCUT2D eigenvalue weighted by atomic mass is 10.2. The maximum atomic E-state index is 5.74. The molecule has 1 aromatic carbocycles. The Morgan fingerprint density at radius 3 is 2.71 bits per heavy atom. The highest BCUT2D eigenvalue weighted by atomic mass is 79.9. The summed E-state index contributed by atoms with van der Waals surface area (Å²) < 4.78 is 6.76. The highest BCUT2D eigenvalue weighted by Gasteiger charge is 2.10. The first-order valence-corrected chi connectivity index (χ1v) is 6.92. The van der Waals surface area contributed by atoms with Gasteiger partial charge in [0, 0.05) is 17.6 Å². The number of rotatable bonds is 5. The van der Waals surface area contributed by atoms with Crippen molar-refractivity contribution in [2.45, 2.75) is 19.4 Å². The van der Waals surface area contributed by atoms with Crippen molar-refractivity contribution in [2.24, 2.45) is 5.73 Å². The Kier molecular flexibility index (Phi) is 4.83. The van der Waals surface area contributed by atoms with Crippen LogP contribution in [0.1, 0.15) is 18.4 Å². The third-order valence-electron chi connectivity index (χ3n) is 3.12. The predicted molar refractivity (Wildman–Crippen MR) is 73.2 cm³/mol. The minimum atomic E-state index is 0.550. The second-order valence-electron chi connectivity index (χ2n) is 4.35. The Hall–Kier alpha value is -0.580. The molecule has 3 nitrogen and oxygen atoms in total. The molecule has 1 aliphatic rings. The molecule has 2 rings (SSSR count).